The maximum atomic E-state index is 14.8. The van der Waals surface area contributed by atoms with Crippen LogP contribution >= 0.6 is 0 Å². The number of nitrogens with zero attached hydrogens (tertiary/aromatic N) is 5. The van der Waals surface area contributed by atoms with Crippen LogP contribution < -0.4 is 19.9 Å². The predicted molar refractivity (Wildman–Crippen MR) is 184 cm³/mol. The first kappa shape index (κ1) is 33.2. The van der Waals surface area contributed by atoms with E-state index in [4.69, 9.17) is 9.47 Å². The third kappa shape index (κ3) is 7.60. The number of rotatable bonds is 10. The predicted octanol–water partition coefficient (Wildman–Crippen LogP) is 6.60. The van der Waals surface area contributed by atoms with Gasteiger partial charge in [0.05, 0.1) is 18.8 Å². The second kappa shape index (κ2) is 14.6. The van der Waals surface area contributed by atoms with Crippen LogP contribution in [0.5, 0.6) is 5.75 Å². The number of ether oxygens (including phenoxy) is 2. The van der Waals surface area contributed by atoms with Crippen molar-refractivity contribution in [3.05, 3.63) is 132 Å². The van der Waals surface area contributed by atoms with Crippen molar-refractivity contribution in [3.8, 4) is 5.75 Å². The summed E-state index contributed by atoms with van der Waals surface area (Å²) >= 11 is 0. The van der Waals surface area contributed by atoms with Gasteiger partial charge in [-0.1, -0.05) is 6.07 Å². The third-order valence-corrected chi connectivity index (χ3v) is 9.35. The van der Waals surface area contributed by atoms with Crippen molar-refractivity contribution in [1.82, 2.24) is 14.8 Å². The standard InChI is InChI=1S/C38H37F3N6O3/c1-25-18-31(46-16-14-45(15-17-46)30-9-2-26(3-10-30)38(48)44-29-7-4-27(39)5-8-29)11-13-36(25)49-22-32-20-34(33-12-6-28(40)19-35(33)41)37(50-32)21-47-24-42-23-43-47/h2-13,18-19,23-24,32,34,37H,14-17,20-22H2,1H3,(H,44,48)/t32-,34-,37-/m1/s1. The Morgan fingerprint density at radius 2 is 1.58 bits per heavy atom. The molecule has 7 rings (SSSR count). The van der Waals surface area contributed by atoms with Gasteiger partial charge in [-0.2, -0.15) is 5.10 Å². The van der Waals surface area contributed by atoms with Gasteiger partial charge in [-0.05, 0) is 97.3 Å². The van der Waals surface area contributed by atoms with E-state index < -0.39 is 11.6 Å². The molecule has 2 aliphatic heterocycles. The average Bonchev–Trinajstić information content (AvgIpc) is 3.79. The normalized spacial score (nSPS) is 19.1. The SMILES string of the molecule is Cc1cc(N2CCN(c3ccc(C(=O)Nc4ccc(F)cc4)cc3)CC2)ccc1OC[C@H]1C[C@H](c2ccc(F)cc2F)[C@@H](Cn2cncn2)O1. The number of anilines is 3. The summed E-state index contributed by atoms with van der Waals surface area (Å²) in [6, 6.07) is 23.0. The van der Waals surface area contributed by atoms with Gasteiger partial charge in [0.25, 0.3) is 5.91 Å². The van der Waals surface area contributed by atoms with Gasteiger partial charge < -0.3 is 24.6 Å². The van der Waals surface area contributed by atoms with Gasteiger partial charge in [0.15, 0.2) is 0 Å². The van der Waals surface area contributed by atoms with Crippen molar-refractivity contribution in [3.63, 3.8) is 0 Å². The van der Waals surface area contributed by atoms with E-state index in [1.54, 1.807) is 23.1 Å². The Bertz CT molecular complexity index is 1920. The molecule has 1 N–H and O–H groups in total. The highest BCUT2D eigenvalue weighted by molar-refractivity contribution is 6.04. The van der Waals surface area contributed by atoms with Crippen molar-refractivity contribution in [2.45, 2.75) is 38.0 Å². The number of carbonyl (C=O) groups excluding carboxylic acids is 1. The molecule has 3 heterocycles. The zero-order chi connectivity index (χ0) is 34.6. The second-order valence-corrected chi connectivity index (χ2v) is 12.7. The topological polar surface area (TPSA) is 84.8 Å². The molecular weight excluding hydrogens is 645 g/mol. The molecule has 50 heavy (non-hydrogen) atoms. The van der Waals surface area contributed by atoms with Gasteiger partial charge in [-0.3, -0.25) is 9.48 Å². The Labute approximate surface area is 288 Å². The maximum absolute atomic E-state index is 14.8. The quantitative estimate of drug-likeness (QED) is 0.178. The summed E-state index contributed by atoms with van der Waals surface area (Å²) < 4.78 is 55.9. The van der Waals surface area contributed by atoms with Gasteiger partial charge in [0.1, 0.15) is 42.5 Å². The smallest absolute Gasteiger partial charge is 0.255 e. The number of piperazine rings is 1. The molecule has 258 valence electrons. The fourth-order valence-corrected chi connectivity index (χ4v) is 6.71. The van der Waals surface area contributed by atoms with E-state index >= 15 is 0 Å². The van der Waals surface area contributed by atoms with E-state index in [0.29, 0.717) is 36.4 Å². The van der Waals surface area contributed by atoms with Gasteiger partial charge in [-0.25, -0.2) is 18.2 Å². The minimum Gasteiger partial charge on any atom is -0.491 e. The van der Waals surface area contributed by atoms with Crippen LogP contribution in [0.4, 0.5) is 30.2 Å². The number of aryl methyl sites for hydroxylation is 1. The summed E-state index contributed by atoms with van der Waals surface area (Å²) in [6.07, 6.45) is 2.89. The molecule has 2 aliphatic rings. The molecule has 0 unspecified atom stereocenters. The van der Waals surface area contributed by atoms with Crippen LogP contribution in [-0.2, 0) is 11.3 Å². The second-order valence-electron chi connectivity index (χ2n) is 12.7. The highest BCUT2D eigenvalue weighted by Crippen LogP contribution is 2.38. The number of amides is 1. The van der Waals surface area contributed by atoms with E-state index in [9.17, 15) is 18.0 Å². The lowest BCUT2D eigenvalue weighted by Crippen LogP contribution is -2.46. The summed E-state index contributed by atoms with van der Waals surface area (Å²) in [7, 11) is 0. The fraction of sp³-hybridized carbons (Fsp3) is 0.289. The van der Waals surface area contributed by atoms with Crippen LogP contribution in [0.3, 0.4) is 0 Å². The Kier molecular flexibility index (Phi) is 9.70. The molecular formula is C38H37F3N6O3. The molecule has 2 saturated heterocycles. The average molecular weight is 683 g/mol. The summed E-state index contributed by atoms with van der Waals surface area (Å²) in [6.45, 7) is 6.00. The van der Waals surface area contributed by atoms with Gasteiger partial charge in [0, 0.05) is 60.8 Å². The minimum atomic E-state index is -0.614. The Hall–Kier alpha value is -5.36. The molecule has 1 amide bonds. The summed E-state index contributed by atoms with van der Waals surface area (Å²) in [5, 5.41) is 6.97. The van der Waals surface area contributed by atoms with Crippen molar-refractivity contribution >= 4 is 23.0 Å². The van der Waals surface area contributed by atoms with E-state index in [2.05, 4.69) is 37.3 Å². The minimum absolute atomic E-state index is 0.247. The maximum Gasteiger partial charge on any atom is 0.255 e. The first-order valence-electron chi connectivity index (χ1n) is 16.6. The highest BCUT2D eigenvalue weighted by atomic mass is 19.1. The number of aromatic nitrogens is 3. The van der Waals surface area contributed by atoms with Crippen molar-refractivity contribution in [2.24, 2.45) is 0 Å². The zero-order valence-electron chi connectivity index (χ0n) is 27.5. The Morgan fingerprint density at radius 3 is 2.26 bits per heavy atom. The van der Waals surface area contributed by atoms with Crippen LogP contribution in [0.25, 0.3) is 0 Å². The number of halogens is 3. The number of hydrogen-bond acceptors (Lipinski definition) is 7. The molecule has 9 nitrogen and oxygen atoms in total. The number of nitrogens with one attached hydrogen (secondary N) is 1. The first-order valence-corrected chi connectivity index (χ1v) is 16.6. The molecule has 2 fully saturated rings. The van der Waals surface area contributed by atoms with Gasteiger partial charge in [-0.15, -0.1) is 0 Å². The molecule has 0 bridgehead atoms. The van der Waals surface area contributed by atoms with E-state index in [1.165, 1.54) is 42.7 Å². The number of carbonyl (C=O) groups is 1. The lowest BCUT2D eigenvalue weighted by atomic mass is 9.90. The molecule has 0 saturated carbocycles. The summed E-state index contributed by atoms with van der Waals surface area (Å²) in [4.78, 5) is 21.3. The monoisotopic (exact) mass is 682 g/mol. The lowest BCUT2D eigenvalue weighted by Gasteiger charge is -2.37. The van der Waals surface area contributed by atoms with Crippen molar-refractivity contribution < 1.29 is 27.4 Å². The van der Waals surface area contributed by atoms with Crippen molar-refractivity contribution in [1.29, 1.82) is 0 Å². The molecule has 0 spiro atoms. The lowest BCUT2D eigenvalue weighted by molar-refractivity contribution is 0.00605. The van der Waals surface area contributed by atoms with Crippen LogP contribution in [0.2, 0.25) is 0 Å². The number of hydrogen-bond donors (Lipinski definition) is 1. The van der Waals surface area contributed by atoms with E-state index in [1.807, 2.05) is 25.1 Å². The van der Waals surface area contributed by atoms with Gasteiger partial charge >= 0.3 is 0 Å². The Morgan fingerprint density at radius 1 is 0.880 bits per heavy atom. The molecule has 0 aliphatic carbocycles. The first-order chi connectivity index (χ1) is 24.3. The van der Waals surface area contributed by atoms with Gasteiger partial charge in [0.2, 0.25) is 0 Å². The van der Waals surface area contributed by atoms with E-state index in [-0.39, 0.29) is 29.9 Å². The largest absolute Gasteiger partial charge is 0.491 e. The molecule has 1 aromatic heterocycles. The molecule has 4 aromatic carbocycles. The molecule has 5 aromatic rings. The van der Waals surface area contributed by atoms with E-state index in [0.717, 1.165) is 54.9 Å². The summed E-state index contributed by atoms with van der Waals surface area (Å²) in [5.74, 6) is -1.34. The molecule has 3 atom stereocenters. The van der Waals surface area contributed by atoms with Crippen LogP contribution in [0.1, 0.15) is 33.8 Å². The van der Waals surface area contributed by atoms with Crippen LogP contribution in [-0.4, -0.2) is 65.7 Å². The van der Waals surface area contributed by atoms with Crippen LogP contribution in [0.15, 0.2) is 97.6 Å². The van der Waals surface area contributed by atoms with Crippen molar-refractivity contribution in [2.75, 3.05) is 47.9 Å². The number of benzene rings is 4. The molecule has 0 radical (unpaired) electrons. The zero-order valence-corrected chi connectivity index (χ0v) is 27.5. The molecule has 12 heteroatoms. The third-order valence-electron chi connectivity index (χ3n) is 9.35. The summed E-state index contributed by atoms with van der Waals surface area (Å²) in [5.41, 5.74) is 4.64. The Balaban J connectivity index is 0.923. The van der Waals surface area contributed by atoms with Crippen LogP contribution in [0, 0.1) is 24.4 Å². The highest BCUT2D eigenvalue weighted by Gasteiger charge is 2.38. The fourth-order valence-electron chi connectivity index (χ4n) is 6.71.